The fraction of sp³-hybridized carbons (Fsp3) is 0.212. The maximum absolute atomic E-state index is 14.3. The predicted octanol–water partition coefficient (Wildman–Crippen LogP) is 4.03. The highest BCUT2D eigenvalue weighted by molar-refractivity contribution is 7.07. The molecule has 0 fully saturated rings. The molecular formula is C33H29N3O5S. The van der Waals surface area contributed by atoms with Crippen molar-refractivity contribution in [1.82, 2.24) is 4.57 Å². The first kappa shape index (κ1) is 27.4. The Morgan fingerprint density at radius 1 is 0.976 bits per heavy atom. The van der Waals surface area contributed by atoms with Crippen molar-refractivity contribution in [1.29, 1.82) is 0 Å². The average Bonchev–Trinajstić information content (AvgIpc) is 3.45. The summed E-state index contributed by atoms with van der Waals surface area (Å²) in [4.78, 5) is 48.4. The molecule has 0 saturated heterocycles. The summed E-state index contributed by atoms with van der Waals surface area (Å²) < 4.78 is 12.5. The number of hydrogen-bond acceptors (Lipinski definition) is 7. The SMILES string of the molecule is CCOC(=O)C1=C(C)N=c2s/c(=C3\C(=O)N(Cc4ccc(C)cc4)c4ccccc43)c(=O)n2C1c1ccc(OC)cc1. The third kappa shape index (κ3) is 4.55. The molecule has 1 unspecified atom stereocenters. The van der Waals surface area contributed by atoms with Gasteiger partial charge in [-0.2, -0.15) is 0 Å². The van der Waals surface area contributed by atoms with Gasteiger partial charge < -0.3 is 14.4 Å². The van der Waals surface area contributed by atoms with Gasteiger partial charge in [0.2, 0.25) is 0 Å². The van der Waals surface area contributed by atoms with Crippen LogP contribution < -0.4 is 24.5 Å². The van der Waals surface area contributed by atoms with Crippen LogP contribution in [0.15, 0.2) is 93.9 Å². The minimum absolute atomic E-state index is 0.182. The van der Waals surface area contributed by atoms with Crippen LogP contribution in [0.1, 0.15) is 42.1 Å². The van der Waals surface area contributed by atoms with Crippen LogP contribution in [0, 0.1) is 6.92 Å². The van der Waals surface area contributed by atoms with E-state index in [0.29, 0.717) is 39.5 Å². The number of nitrogens with zero attached hydrogens (tertiary/aromatic N) is 3. The largest absolute Gasteiger partial charge is 0.497 e. The van der Waals surface area contributed by atoms with Gasteiger partial charge in [-0.25, -0.2) is 9.79 Å². The number of benzene rings is 3. The molecular weight excluding hydrogens is 550 g/mol. The summed E-state index contributed by atoms with van der Waals surface area (Å²) in [5.41, 5.74) is 4.97. The summed E-state index contributed by atoms with van der Waals surface area (Å²) >= 11 is 1.16. The van der Waals surface area contributed by atoms with Crippen LogP contribution in [0.25, 0.3) is 5.57 Å². The molecule has 9 heteroatoms. The quantitative estimate of drug-likeness (QED) is 0.322. The van der Waals surface area contributed by atoms with Crippen molar-refractivity contribution in [3.8, 4) is 5.75 Å². The van der Waals surface area contributed by atoms with Crippen LogP contribution >= 0.6 is 11.3 Å². The van der Waals surface area contributed by atoms with E-state index in [4.69, 9.17) is 9.47 Å². The summed E-state index contributed by atoms with van der Waals surface area (Å²) in [6.45, 7) is 6.05. The number of para-hydroxylation sites is 1. The highest BCUT2D eigenvalue weighted by atomic mass is 32.1. The molecule has 1 amide bonds. The van der Waals surface area contributed by atoms with E-state index in [9.17, 15) is 14.4 Å². The number of amides is 1. The number of aromatic nitrogens is 1. The van der Waals surface area contributed by atoms with Crippen LogP contribution in [0.2, 0.25) is 0 Å². The lowest BCUT2D eigenvalue weighted by molar-refractivity contribution is -0.139. The van der Waals surface area contributed by atoms with Crippen molar-refractivity contribution in [2.75, 3.05) is 18.6 Å². The zero-order valence-electron chi connectivity index (χ0n) is 23.7. The van der Waals surface area contributed by atoms with Crippen molar-refractivity contribution >= 4 is 34.5 Å². The van der Waals surface area contributed by atoms with Crippen LogP contribution in [-0.2, 0) is 20.9 Å². The molecule has 0 bridgehead atoms. The van der Waals surface area contributed by atoms with E-state index in [2.05, 4.69) is 4.99 Å². The maximum Gasteiger partial charge on any atom is 0.338 e. The number of anilines is 1. The van der Waals surface area contributed by atoms with Gasteiger partial charge in [0.25, 0.3) is 11.5 Å². The molecule has 0 aliphatic carbocycles. The second-order valence-corrected chi connectivity index (χ2v) is 11.1. The molecule has 0 spiro atoms. The van der Waals surface area contributed by atoms with Gasteiger partial charge >= 0.3 is 5.97 Å². The molecule has 3 aromatic carbocycles. The zero-order valence-corrected chi connectivity index (χ0v) is 24.5. The summed E-state index contributed by atoms with van der Waals surface area (Å²) in [7, 11) is 1.58. The highest BCUT2D eigenvalue weighted by Crippen LogP contribution is 2.37. The first-order valence-corrected chi connectivity index (χ1v) is 14.5. The molecule has 4 aromatic rings. The number of esters is 1. The van der Waals surface area contributed by atoms with E-state index in [1.165, 1.54) is 4.57 Å². The molecule has 1 atom stereocenters. The summed E-state index contributed by atoms with van der Waals surface area (Å²) in [5.74, 6) is -0.137. The fourth-order valence-corrected chi connectivity index (χ4v) is 6.61. The normalized spacial score (nSPS) is 17.1. The van der Waals surface area contributed by atoms with Crippen molar-refractivity contribution in [2.45, 2.75) is 33.4 Å². The lowest BCUT2D eigenvalue weighted by atomic mass is 9.96. The summed E-state index contributed by atoms with van der Waals surface area (Å²) in [6.07, 6.45) is 0. The molecule has 2 aliphatic rings. The first-order chi connectivity index (χ1) is 20.3. The zero-order chi connectivity index (χ0) is 29.5. The number of aryl methyl sites for hydroxylation is 1. The van der Waals surface area contributed by atoms with Crippen LogP contribution in [0.3, 0.4) is 0 Å². The fourth-order valence-electron chi connectivity index (χ4n) is 5.48. The minimum atomic E-state index is -0.782. The van der Waals surface area contributed by atoms with Crippen molar-refractivity contribution in [3.63, 3.8) is 0 Å². The van der Waals surface area contributed by atoms with Gasteiger partial charge in [-0.15, -0.1) is 0 Å². The number of methoxy groups -OCH3 is 1. The number of carbonyl (C=O) groups is 2. The molecule has 42 heavy (non-hydrogen) atoms. The smallest absolute Gasteiger partial charge is 0.338 e. The Kier molecular flexibility index (Phi) is 7.12. The third-order valence-electron chi connectivity index (χ3n) is 7.54. The number of thiazole rings is 1. The third-order valence-corrected chi connectivity index (χ3v) is 8.59. The van der Waals surface area contributed by atoms with Gasteiger partial charge in [0.05, 0.1) is 48.8 Å². The second kappa shape index (κ2) is 10.9. The number of ether oxygens (including phenoxy) is 2. The van der Waals surface area contributed by atoms with Crippen molar-refractivity contribution in [2.24, 2.45) is 4.99 Å². The van der Waals surface area contributed by atoms with E-state index < -0.39 is 12.0 Å². The lowest BCUT2D eigenvalue weighted by Gasteiger charge is -2.24. The Labute approximate surface area is 246 Å². The number of fused-ring (bicyclic) bond motifs is 2. The first-order valence-electron chi connectivity index (χ1n) is 13.6. The van der Waals surface area contributed by atoms with E-state index in [-0.39, 0.29) is 28.2 Å². The molecule has 8 nitrogen and oxygen atoms in total. The molecule has 2 aliphatic heterocycles. The van der Waals surface area contributed by atoms with Gasteiger partial charge in [0.15, 0.2) is 4.80 Å². The monoisotopic (exact) mass is 579 g/mol. The Bertz CT molecular complexity index is 1930. The average molecular weight is 580 g/mol. The molecule has 3 heterocycles. The van der Waals surface area contributed by atoms with E-state index in [1.807, 2.05) is 67.6 Å². The molecule has 6 rings (SSSR count). The van der Waals surface area contributed by atoms with Gasteiger partial charge in [-0.1, -0.05) is 71.5 Å². The Morgan fingerprint density at radius 3 is 2.38 bits per heavy atom. The topological polar surface area (TPSA) is 90.2 Å². The number of hydrogen-bond donors (Lipinski definition) is 0. The molecule has 0 radical (unpaired) electrons. The summed E-state index contributed by atoms with van der Waals surface area (Å²) in [5, 5.41) is 0. The van der Waals surface area contributed by atoms with Gasteiger partial charge in [-0.05, 0) is 50.1 Å². The highest BCUT2D eigenvalue weighted by Gasteiger charge is 2.37. The van der Waals surface area contributed by atoms with E-state index >= 15 is 0 Å². The second-order valence-electron chi connectivity index (χ2n) is 10.2. The molecule has 1 aromatic heterocycles. The van der Waals surface area contributed by atoms with Crippen LogP contribution in [-0.4, -0.2) is 30.2 Å². The molecule has 0 saturated carbocycles. The number of carbonyl (C=O) groups excluding carboxylic acids is 2. The van der Waals surface area contributed by atoms with E-state index in [0.717, 1.165) is 28.2 Å². The van der Waals surface area contributed by atoms with Crippen LogP contribution in [0.4, 0.5) is 5.69 Å². The minimum Gasteiger partial charge on any atom is -0.497 e. The van der Waals surface area contributed by atoms with Gasteiger partial charge in [0.1, 0.15) is 10.3 Å². The predicted molar refractivity (Wildman–Crippen MR) is 161 cm³/mol. The van der Waals surface area contributed by atoms with Crippen molar-refractivity contribution in [3.05, 3.63) is 126 Å². The van der Waals surface area contributed by atoms with Gasteiger partial charge in [0, 0.05) is 5.56 Å². The number of rotatable bonds is 6. The maximum atomic E-state index is 14.3. The standard InChI is InChI=1S/C33H29N3O5S/c1-5-41-32(39)26-20(3)34-33-36(28(26)22-14-16-23(40-4)17-15-22)31(38)29(42-33)27-24-8-6-7-9-25(24)35(30(27)37)18-21-12-10-19(2)11-13-21/h6-17,28H,5,18H2,1-4H3/b29-27-. The van der Waals surface area contributed by atoms with Crippen molar-refractivity contribution < 1.29 is 19.1 Å². The van der Waals surface area contributed by atoms with E-state index in [1.54, 1.807) is 38.0 Å². The lowest BCUT2D eigenvalue weighted by Crippen LogP contribution is -2.41. The summed E-state index contributed by atoms with van der Waals surface area (Å²) in [6, 6.07) is 22.0. The van der Waals surface area contributed by atoms with Crippen LogP contribution in [0.5, 0.6) is 5.75 Å². The molecule has 212 valence electrons. The molecule has 0 N–H and O–H groups in total. The van der Waals surface area contributed by atoms with Gasteiger partial charge in [-0.3, -0.25) is 14.2 Å². The Balaban J connectivity index is 1.56. The number of allylic oxidation sites excluding steroid dienone is 1. The Morgan fingerprint density at radius 2 is 1.69 bits per heavy atom. The Hall–Kier alpha value is -4.76.